The molecule has 0 amide bonds. The van der Waals surface area contributed by atoms with E-state index in [0.717, 1.165) is 56.4 Å². The molecule has 1 fully saturated rings. The first-order valence-corrected chi connectivity index (χ1v) is 9.79. The lowest BCUT2D eigenvalue weighted by Crippen LogP contribution is -2.38. The van der Waals surface area contributed by atoms with Crippen molar-refractivity contribution < 1.29 is 14.2 Å². The summed E-state index contributed by atoms with van der Waals surface area (Å²) >= 11 is 0. The summed E-state index contributed by atoms with van der Waals surface area (Å²) in [5.41, 5.74) is 1.21. The standard InChI is InChI=1S/C20H33N3O3.HI/c1-4-21-20(23-15-17-8-7-13-26-17)22-12-11-16-9-10-18(24-5-2)19(14-16)25-6-3;/h9-10,14,17H,4-8,11-13,15H2,1-3H3,(H2,21,22,23);1H. The normalized spacial score (nSPS) is 16.6. The number of guanidine groups is 1. The summed E-state index contributed by atoms with van der Waals surface area (Å²) in [6.45, 7) is 10.5. The maximum atomic E-state index is 5.70. The van der Waals surface area contributed by atoms with Gasteiger partial charge in [-0.1, -0.05) is 6.07 Å². The topological polar surface area (TPSA) is 64.1 Å². The molecule has 0 radical (unpaired) electrons. The minimum absolute atomic E-state index is 0. The molecule has 1 unspecified atom stereocenters. The highest BCUT2D eigenvalue weighted by atomic mass is 127. The van der Waals surface area contributed by atoms with E-state index in [1.807, 2.05) is 19.9 Å². The molecule has 1 aromatic carbocycles. The smallest absolute Gasteiger partial charge is 0.191 e. The van der Waals surface area contributed by atoms with Gasteiger partial charge in [0.05, 0.1) is 25.9 Å². The Labute approximate surface area is 180 Å². The Hall–Kier alpha value is -1.22. The lowest BCUT2D eigenvalue weighted by atomic mass is 10.1. The van der Waals surface area contributed by atoms with Gasteiger partial charge in [0.2, 0.25) is 0 Å². The molecule has 0 bridgehead atoms. The fraction of sp³-hybridized carbons (Fsp3) is 0.650. The number of nitrogens with zero attached hydrogens (tertiary/aromatic N) is 1. The quantitative estimate of drug-likeness (QED) is 0.299. The Morgan fingerprint density at radius 3 is 2.59 bits per heavy atom. The zero-order valence-corrected chi connectivity index (χ0v) is 19.1. The molecule has 27 heavy (non-hydrogen) atoms. The second-order valence-corrected chi connectivity index (χ2v) is 6.18. The molecule has 1 aliphatic heterocycles. The second-order valence-electron chi connectivity index (χ2n) is 6.18. The third-order valence-corrected chi connectivity index (χ3v) is 4.14. The average Bonchev–Trinajstić information content (AvgIpc) is 3.16. The molecule has 2 N–H and O–H groups in total. The Balaban J connectivity index is 0.00000364. The van der Waals surface area contributed by atoms with Gasteiger partial charge in [-0.2, -0.15) is 0 Å². The third kappa shape index (κ3) is 8.55. The molecule has 2 rings (SSSR count). The summed E-state index contributed by atoms with van der Waals surface area (Å²) in [5, 5.41) is 6.68. The van der Waals surface area contributed by atoms with E-state index in [9.17, 15) is 0 Å². The van der Waals surface area contributed by atoms with Crippen molar-refractivity contribution in [2.45, 2.75) is 46.1 Å². The van der Waals surface area contributed by atoms with Crippen LogP contribution in [0, 0.1) is 0 Å². The first kappa shape index (κ1) is 23.8. The molecule has 7 heteroatoms. The second kappa shape index (κ2) is 13.9. The number of ether oxygens (including phenoxy) is 3. The molecule has 0 spiro atoms. The maximum Gasteiger partial charge on any atom is 0.191 e. The van der Waals surface area contributed by atoms with Crippen molar-refractivity contribution in [2.75, 3.05) is 39.5 Å². The van der Waals surface area contributed by atoms with Crippen LogP contribution in [0.15, 0.2) is 23.2 Å². The van der Waals surface area contributed by atoms with Crippen molar-refractivity contribution in [3.8, 4) is 11.5 Å². The average molecular weight is 491 g/mol. The summed E-state index contributed by atoms with van der Waals surface area (Å²) < 4.78 is 16.9. The van der Waals surface area contributed by atoms with Crippen LogP contribution in [0.25, 0.3) is 0 Å². The van der Waals surface area contributed by atoms with E-state index in [0.29, 0.717) is 19.8 Å². The zero-order valence-electron chi connectivity index (χ0n) is 16.8. The van der Waals surface area contributed by atoms with Gasteiger partial charge in [0.1, 0.15) is 0 Å². The number of rotatable bonds is 10. The molecule has 1 saturated heterocycles. The largest absolute Gasteiger partial charge is 0.490 e. The molecular weight excluding hydrogens is 457 g/mol. The molecule has 0 saturated carbocycles. The summed E-state index contributed by atoms with van der Waals surface area (Å²) in [6, 6.07) is 6.14. The molecule has 1 atom stereocenters. The molecule has 6 nitrogen and oxygen atoms in total. The molecule has 0 aromatic heterocycles. The van der Waals surface area contributed by atoms with Crippen molar-refractivity contribution >= 4 is 29.9 Å². The predicted octanol–water partition coefficient (Wildman–Crippen LogP) is 3.38. The van der Waals surface area contributed by atoms with E-state index >= 15 is 0 Å². The van der Waals surface area contributed by atoms with Crippen LogP contribution in [0.1, 0.15) is 39.2 Å². The summed E-state index contributed by atoms with van der Waals surface area (Å²) in [5.74, 6) is 2.46. The van der Waals surface area contributed by atoms with Crippen LogP contribution in [0.3, 0.4) is 0 Å². The molecule has 1 heterocycles. The van der Waals surface area contributed by atoms with E-state index in [2.05, 4.69) is 34.7 Å². The van der Waals surface area contributed by atoms with Crippen molar-refractivity contribution in [1.82, 2.24) is 10.6 Å². The van der Waals surface area contributed by atoms with E-state index in [1.165, 1.54) is 5.56 Å². The molecule has 154 valence electrons. The summed E-state index contributed by atoms with van der Waals surface area (Å²) in [4.78, 5) is 4.64. The van der Waals surface area contributed by atoms with Crippen molar-refractivity contribution in [2.24, 2.45) is 4.99 Å². The van der Waals surface area contributed by atoms with Gasteiger partial charge in [0, 0.05) is 19.7 Å². The van der Waals surface area contributed by atoms with Gasteiger partial charge in [-0.05, 0) is 57.7 Å². The minimum Gasteiger partial charge on any atom is -0.490 e. The van der Waals surface area contributed by atoms with Crippen LogP contribution in [0.2, 0.25) is 0 Å². The van der Waals surface area contributed by atoms with E-state index < -0.39 is 0 Å². The SMILES string of the molecule is CCNC(=NCC1CCCO1)NCCc1ccc(OCC)c(OCC)c1.I. The van der Waals surface area contributed by atoms with Crippen molar-refractivity contribution in [1.29, 1.82) is 0 Å². The highest BCUT2D eigenvalue weighted by Crippen LogP contribution is 2.28. The fourth-order valence-corrected chi connectivity index (χ4v) is 2.90. The van der Waals surface area contributed by atoms with Crippen LogP contribution in [-0.4, -0.2) is 51.5 Å². The fourth-order valence-electron chi connectivity index (χ4n) is 2.90. The van der Waals surface area contributed by atoms with Gasteiger partial charge >= 0.3 is 0 Å². The minimum atomic E-state index is 0. The van der Waals surface area contributed by atoms with Crippen LogP contribution < -0.4 is 20.1 Å². The molecule has 0 aliphatic carbocycles. The lowest BCUT2D eigenvalue weighted by molar-refractivity contribution is 0.117. The van der Waals surface area contributed by atoms with Gasteiger partial charge in [-0.15, -0.1) is 24.0 Å². The maximum absolute atomic E-state index is 5.70. The van der Waals surface area contributed by atoms with Crippen LogP contribution in [-0.2, 0) is 11.2 Å². The van der Waals surface area contributed by atoms with Gasteiger partial charge < -0.3 is 24.8 Å². The Morgan fingerprint density at radius 1 is 1.15 bits per heavy atom. The molecule has 1 aromatic rings. The van der Waals surface area contributed by atoms with Gasteiger partial charge in [-0.3, -0.25) is 4.99 Å². The zero-order chi connectivity index (χ0) is 18.6. The highest BCUT2D eigenvalue weighted by Gasteiger charge is 2.14. The Bertz CT molecular complexity index is 563. The van der Waals surface area contributed by atoms with Crippen molar-refractivity contribution in [3.63, 3.8) is 0 Å². The van der Waals surface area contributed by atoms with Crippen LogP contribution in [0.5, 0.6) is 11.5 Å². The molecular formula is C20H34IN3O3. The van der Waals surface area contributed by atoms with Crippen LogP contribution >= 0.6 is 24.0 Å². The van der Waals surface area contributed by atoms with E-state index in [4.69, 9.17) is 14.2 Å². The number of halogens is 1. The van der Waals surface area contributed by atoms with Gasteiger partial charge in [0.15, 0.2) is 17.5 Å². The van der Waals surface area contributed by atoms with Crippen LogP contribution in [0.4, 0.5) is 0 Å². The first-order chi connectivity index (χ1) is 12.8. The third-order valence-electron chi connectivity index (χ3n) is 4.14. The predicted molar refractivity (Wildman–Crippen MR) is 121 cm³/mol. The Kier molecular flexibility index (Phi) is 12.2. The van der Waals surface area contributed by atoms with E-state index in [-0.39, 0.29) is 30.1 Å². The number of aliphatic imine (C=N–C) groups is 1. The Morgan fingerprint density at radius 2 is 1.93 bits per heavy atom. The van der Waals surface area contributed by atoms with Gasteiger partial charge in [-0.25, -0.2) is 0 Å². The number of hydrogen-bond acceptors (Lipinski definition) is 4. The number of benzene rings is 1. The summed E-state index contributed by atoms with van der Waals surface area (Å²) in [6.07, 6.45) is 3.40. The monoisotopic (exact) mass is 491 g/mol. The van der Waals surface area contributed by atoms with Crippen molar-refractivity contribution in [3.05, 3.63) is 23.8 Å². The highest BCUT2D eigenvalue weighted by molar-refractivity contribution is 14.0. The number of hydrogen-bond donors (Lipinski definition) is 2. The van der Waals surface area contributed by atoms with E-state index in [1.54, 1.807) is 0 Å². The molecule has 1 aliphatic rings. The van der Waals surface area contributed by atoms with Gasteiger partial charge in [0.25, 0.3) is 0 Å². The number of nitrogens with one attached hydrogen (secondary N) is 2. The summed E-state index contributed by atoms with van der Waals surface area (Å²) in [7, 11) is 0. The first-order valence-electron chi connectivity index (χ1n) is 9.79. The lowest BCUT2D eigenvalue weighted by Gasteiger charge is -2.14.